The molecule has 17 heavy (non-hydrogen) atoms. The number of thiazole rings is 1. The molecule has 0 amide bonds. The van der Waals surface area contributed by atoms with Crippen molar-refractivity contribution in [2.75, 3.05) is 19.0 Å². The van der Waals surface area contributed by atoms with Gasteiger partial charge in [0.2, 0.25) is 0 Å². The Bertz CT molecular complexity index is 344. The number of nitrogens with zero attached hydrogens (tertiary/aromatic N) is 2. The van der Waals surface area contributed by atoms with E-state index in [0.29, 0.717) is 12.1 Å². The lowest BCUT2D eigenvalue weighted by Gasteiger charge is -2.30. The Morgan fingerprint density at radius 1 is 1.41 bits per heavy atom. The predicted molar refractivity (Wildman–Crippen MR) is 74.9 cm³/mol. The Balaban J connectivity index is 2.03. The van der Waals surface area contributed by atoms with Crippen LogP contribution in [-0.2, 0) is 0 Å². The van der Waals surface area contributed by atoms with Crippen molar-refractivity contribution in [3.05, 3.63) is 11.1 Å². The van der Waals surface area contributed by atoms with Crippen LogP contribution in [0.3, 0.4) is 0 Å². The van der Waals surface area contributed by atoms with Crippen LogP contribution >= 0.6 is 11.3 Å². The predicted octanol–water partition coefficient (Wildman–Crippen LogP) is 3.19. The molecule has 4 heteroatoms. The zero-order valence-corrected chi connectivity index (χ0v) is 11.9. The molecule has 1 N–H and O–H groups in total. The minimum Gasteiger partial charge on any atom is -0.348 e. The van der Waals surface area contributed by atoms with E-state index in [2.05, 4.69) is 29.6 Å². The topological polar surface area (TPSA) is 28.2 Å². The first-order valence-electron chi connectivity index (χ1n) is 6.58. The van der Waals surface area contributed by atoms with Crippen LogP contribution in [-0.4, -0.2) is 25.1 Å². The third kappa shape index (κ3) is 2.99. The van der Waals surface area contributed by atoms with Crippen LogP contribution in [0.1, 0.15) is 50.8 Å². The van der Waals surface area contributed by atoms with Crippen LogP contribution in [0.2, 0.25) is 0 Å². The Labute approximate surface area is 108 Å². The average molecular weight is 253 g/mol. The lowest BCUT2D eigenvalue weighted by Crippen LogP contribution is -2.33. The second kappa shape index (κ2) is 5.83. The molecule has 1 aromatic heterocycles. The first-order chi connectivity index (χ1) is 8.22. The zero-order valence-electron chi connectivity index (χ0n) is 11.1. The van der Waals surface area contributed by atoms with Crippen LogP contribution < -0.4 is 10.2 Å². The number of anilines is 1. The summed E-state index contributed by atoms with van der Waals surface area (Å²) in [7, 11) is 4.18. The van der Waals surface area contributed by atoms with Crippen LogP contribution in [0.5, 0.6) is 0 Å². The third-order valence-electron chi connectivity index (χ3n) is 3.81. The minimum atomic E-state index is 0.347. The van der Waals surface area contributed by atoms with Gasteiger partial charge in [-0.2, -0.15) is 0 Å². The molecule has 1 fully saturated rings. The number of aromatic nitrogens is 1. The standard InChI is InChI=1S/C13H23N3S/c1-10(14-2)12-9-17-13(15-12)16(3)11-7-5-4-6-8-11/h9-11,14H,4-8H2,1-3H3. The lowest BCUT2D eigenvalue weighted by atomic mass is 9.95. The summed E-state index contributed by atoms with van der Waals surface area (Å²) in [6.45, 7) is 2.15. The van der Waals surface area contributed by atoms with Gasteiger partial charge in [-0.15, -0.1) is 11.3 Å². The van der Waals surface area contributed by atoms with E-state index in [-0.39, 0.29) is 0 Å². The summed E-state index contributed by atoms with van der Waals surface area (Å²) in [5, 5.41) is 6.59. The largest absolute Gasteiger partial charge is 0.348 e. The Hall–Kier alpha value is -0.610. The van der Waals surface area contributed by atoms with Crippen molar-refractivity contribution in [1.82, 2.24) is 10.3 Å². The highest BCUT2D eigenvalue weighted by Crippen LogP contribution is 2.29. The maximum Gasteiger partial charge on any atom is 0.185 e. The van der Waals surface area contributed by atoms with Gasteiger partial charge in [-0.25, -0.2) is 4.98 Å². The van der Waals surface area contributed by atoms with E-state index in [4.69, 9.17) is 4.98 Å². The Morgan fingerprint density at radius 2 is 2.12 bits per heavy atom. The molecular weight excluding hydrogens is 230 g/mol. The van der Waals surface area contributed by atoms with E-state index in [9.17, 15) is 0 Å². The maximum absolute atomic E-state index is 4.74. The van der Waals surface area contributed by atoms with Gasteiger partial charge in [-0.3, -0.25) is 0 Å². The van der Waals surface area contributed by atoms with Crippen molar-refractivity contribution in [2.24, 2.45) is 0 Å². The number of nitrogens with one attached hydrogen (secondary N) is 1. The molecule has 96 valence electrons. The molecule has 1 unspecified atom stereocenters. The van der Waals surface area contributed by atoms with Gasteiger partial charge in [0.05, 0.1) is 5.69 Å². The van der Waals surface area contributed by atoms with E-state index in [1.807, 2.05) is 7.05 Å². The fourth-order valence-corrected chi connectivity index (χ4v) is 3.37. The summed E-state index contributed by atoms with van der Waals surface area (Å²) < 4.78 is 0. The summed E-state index contributed by atoms with van der Waals surface area (Å²) in [5.74, 6) is 0. The summed E-state index contributed by atoms with van der Waals surface area (Å²) in [6, 6.07) is 1.05. The van der Waals surface area contributed by atoms with E-state index in [0.717, 1.165) is 5.69 Å². The highest BCUT2D eigenvalue weighted by molar-refractivity contribution is 7.13. The highest BCUT2D eigenvalue weighted by atomic mass is 32.1. The molecule has 0 aromatic carbocycles. The maximum atomic E-state index is 4.74. The molecule has 1 aromatic rings. The van der Waals surface area contributed by atoms with Gasteiger partial charge in [0.25, 0.3) is 0 Å². The molecule has 1 aliphatic carbocycles. The zero-order chi connectivity index (χ0) is 12.3. The molecule has 0 spiro atoms. The molecule has 0 radical (unpaired) electrons. The second-order valence-corrected chi connectivity index (χ2v) is 5.80. The Kier molecular flexibility index (Phi) is 4.40. The first kappa shape index (κ1) is 12.8. The van der Waals surface area contributed by atoms with E-state index in [1.165, 1.54) is 37.2 Å². The lowest BCUT2D eigenvalue weighted by molar-refractivity contribution is 0.427. The second-order valence-electron chi connectivity index (χ2n) is 4.97. The smallest absolute Gasteiger partial charge is 0.185 e. The minimum absolute atomic E-state index is 0.347. The van der Waals surface area contributed by atoms with Gasteiger partial charge in [0.1, 0.15) is 0 Å². The van der Waals surface area contributed by atoms with Crippen molar-refractivity contribution < 1.29 is 0 Å². The summed E-state index contributed by atoms with van der Waals surface area (Å²) in [6.07, 6.45) is 6.81. The third-order valence-corrected chi connectivity index (χ3v) is 4.76. The molecule has 0 aliphatic heterocycles. The monoisotopic (exact) mass is 253 g/mol. The van der Waals surface area contributed by atoms with E-state index in [1.54, 1.807) is 11.3 Å². The molecule has 1 heterocycles. The van der Waals surface area contributed by atoms with Gasteiger partial charge in [0.15, 0.2) is 5.13 Å². The molecule has 2 rings (SSSR count). The number of rotatable bonds is 4. The SMILES string of the molecule is CNC(C)c1csc(N(C)C2CCCCC2)n1. The molecule has 3 nitrogen and oxygen atoms in total. The molecule has 1 aliphatic rings. The Morgan fingerprint density at radius 3 is 2.76 bits per heavy atom. The van der Waals surface area contributed by atoms with Crippen molar-refractivity contribution in [2.45, 2.75) is 51.1 Å². The average Bonchev–Trinajstić information content (AvgIpc) is 2.87. The number of hydrogen-bond acceptors (Lipinski definition) is 4. The molecular formula is C13H23N3S. The van der Waals surface area contributed by atoms with Gasteiger partial charge in [-0.05, 0) is 26.8 Å². The van der Waals surface area contributed by atoms with Crippen molar-refractivity contribution in [1.29, 1.82) is 0 Å². The van der Waals surface area contributed by atoms with Crippen molar-refractivity contribution in [3.63, 3.8) is 0 Å². The van der Waals surface area contributed by atoms with Crippen molar-refractivity contribution >= 4 is 16.5 Å². The molecule has 1 atom stereocenters. The fourth-order valence-electron chi connectivity index (χ4n) is 2.41. The van der Waals surface area contributed by atoms with Crippen LogP contribution in [0.25, 0.3) is 0 Å². The number of hydrogen-bond donors (Lipinski definition) is 1. The van der Waals surface area contributed by atoms with Crippen molar-refractivity contribution in [3.8, 4) is 0 Å². The van der Waals surface area contributed by atoms with E-state index < -0.39 is 0 Å². The van der Waals surface area contributed by atoms with Gasteiger partial charge in [0, 0.05) is 24.5 Å². The van der Waals surface area contributed by atoms with Gasteiger partial charge < -0.3 is 10.2 Å². The summed E-state index contributed by atoms with van der Waals surface area (Å²) in [4.78, 5) is 7.12. The normalized spacial score (nSPS) is 19.2. The highest BCUT2D eigenvalue weighted by Gasteiger charge is 2.20. The van der Waals surface area contributed by atoms with Gasteiger partial charge >= 0.3 is 0 Å². The molecule has 1 saturated carbocycles. The molecule has 0 bridgehead atoms. The summed E-state index contributed by atoms with van der Waals surface area (Å²) >= 11 is 1.77. The summed E-state index contributed by atoms with van der Waals surface area (Å²) in [5.41, 5.74) is 1.16. The quantitative estimate of drug-likeness (QED) is 0.893. The van der Waals surface area contributed by atoms with Crippen LogP contribution in [0.15, 0.2) is 5.38 Å². The van der Waals surface area contributed by atoms with Crippen LogP contribution in [0.4, 0.5) is 5.13 Å². The van der Waals surface area contributed by atoms with Crippen LogP contribution in [0, 0.1) is 0 Å². The van der Waals surface area contributed by atoms with E-state index >= 15 is 0 Å². The van der Waals surface area contributed by atoms with Gasteiger partial charge in [-0.1, -0.05) is 19.3 Å². The fraction of sp³-hybridized carbons (Fsp3) is 0.769. The molecule has 0 saturated heterocycles. The first-order valence-corrected chi connectivity index (χ1v) is 7.46.